The van der Waals surface area contributed by atoms with Crippen molar-refractivity contribution in [2.75, 3.05) is 13.7 Å². The van der Waals surface area contributed by atoms with Crippen LogP contribution in [0.2, 0.25) is 0 Å². The van der Waals surface area contributed by atoms with Gasteiger partial charge in [-0.2, -0.15) is 5.10 Å². The Morgan fingerprint density at radius 3 is 2.59 bits per heavy atom. The van der Waals surface area contributed by atoms with Crippen molar-refractivity contribution in [1.82, 2.24) is 14.7 Å². The number of methoxy groups -OCH3 is 1. The summed E-state index contributed by atoms with van der Waals surface area (Å²) in [6.07, 6.45) is 0.324. The maximum Gasteiger partial charge on any atom is 0.410 e. The summed E-state index contributed by atoms with van der Waals surface area (Å²) in [5.41, 5.74) is 2.29. The SMILES string of the molecule is COC(=O)Cn1nc(C)c2c1CCN(C(=O)OC(C)(C)C)C2. The first-order chi connectivity index (χ1) is 10.2. The van der Waals surface area contributed by atoms with Gasteiger partial charge in [-0.25, -0.2) is 4.79 Å². The molecule has 122 valence electrons. The van der Waals surface area contributed by atoms with Gasteiger partial charge in [-0.15, -0.1) is 0 Å². The second-order valence-electron chi connectivity index (χ2n) is 6.40. The molecule has 2 heterocycles. The summed E-state index contributed by atoms with van der Waals surface area (Å²) in [7, 11) is 1.36. The van der Waals surface area contributed by atoms with E-state index in [9.17, 15) is 9.59 Å². The average molecular weight is 309 g/mol. The van der Waals surface area contributed by atoms with E-state index in [0.29, 0.717) is 19.5 Å². The topological polar surface area (TPSA) is 73.7 Å². The predicted molar refractivity (Wildman–Crippen MR) is 79.3 cm³/mol. The zero-order valence-corrected chi connectivity index (χ0v) is 13.8. The lowest BCUT2D eigenvalue weighted by Crippen LogP contribution is -2.40. The summed E-state index contributed by atoms with van der Waals surface area (Å²) < 4.78 is 11.8. The van der Waals surface area contributed by atoms with Gasteiger partial charge in [-0.05, 0) is 27.7 Å². The number of ether oxygens (including phenoxy) is 2. The highest BCUT2D eigenvalue weighted by Gasteiger charge is 2.29. The van der Waals surface area contributed by atoms with E-state index in [1.54, 1.807) is 9.58 Å². The van der Waals surface area contributed by atoms with Gasteiger partial charge in [-0.3, -0.25) is 9.48 Å². The van der Waals surface area contributed by atoms with Crippen molar-refractivity contribution in [2.24, 2.45) is 0 Å². The molecule has 7 nitrogen and oxygen atoms in total. The van der Waals surface area contributed by atoms with Crippen LogP contribution in [0.4, 0.5) is 4.79 Å². The minimum absolute atomic E-state index is 0.0963. The summed E-state index contributed by atoms with van der Waals surface area (Å²) >= 11 is 0. The molecule has 1 amide bonds. The van der Waals surface area contributed by atoms with Crippen LogP contribution in [0.3, 0.4) is 0 Å². The Morgan fingerprint density at radius 2 is 2.00 bits per heavy atom. The number of carbonyl (C=O) groups excluding carboxylic acids is 2. The second-order valence-corrected chi connectivity index (χ2v) is 6.40. The van der Waals surface area contributed by atoms with Crippen LogP contribution in [-0.4, -0.2) is 46.0 Å². The van der Waals surface area contributed by atoms with Gasteiger partial charge in [0.15, 0.2) is 0 Å². The fraction of sp³-hybridized carbons (Fsp3) is 0.667. The zero-order valence-electron chi connectivity index (χ0n) is 13.8. The molecule has 0 fully saturated rings. The molecule has 0 atom stereocenters. The lowest BCUT2D eigenvalue weighted by atomic mass is 10.1. The number of amides is 1. The molecular weight excluding hydrogens is 286 g/mol. The van der Waals surface area contributed by atoms with E-state index < -0.39 is 5.60 Å². The van der Waals surface area contributed by atoms with Crippen molar-refractivity contribution in [3.8, 4) is 0 Å². The van der Waals surface area contributed by atoms with Gasteiger partial charge in [0.1, 0.15) is 12.1 Å². The third-order valence-corrected chi connectivity index (χ3v) is 3.49. The molecule has 0 saturated heterocycles. The van der Waals surface area contributed by atoms with Crippen LogP contribution in [0.25, 0.3) is 0 Å². The highest BCUT2D eigenvalue weighted by Crippen LogP contribution is 2.23. The quantitative estimate of drug-likeness (QED) is 0.777. The number of aryl methyl sites for hydroxylation is 1. The number of aromatic nitrogens is 2. The third kappa shape index (κ3) is 3.58. The van der Waals surface area contributed by atoms with E-state index in [4.69, 9.17) is 4.74 Å². The standard InChI is InChI=1S/C15H23N3O4/c1-10-11-8-17(14(20)22-15(2,3)4)7-6-12(11)18(16-10)9-13(19)21-5/h6-9H2,1-5H3. The summed E-state index contributed by atoms with van der Waals surface area (Å²) in [6, 6.07) is 0. The Morgan fingerprint density at radius 1 is 1.32 bits per heavy atom. The monoisotopic (exact) mass is 309 g/mol. The molecular formula is C15H23N3O4. The molecule has 7 heteroatoms. The summed E-state index contributed by atoms with van der Waals surface area (Å²) in [5.74, 6) is -0.333. The summed E-state index contributed by atoms with van der Waals surface area (Å²) in [5, 5.41) is 4.39. The third-order valence-electron chi connectivity index (χ3n) is 3.49. The van der Waals surface area contributed by atoms with Crippen LogP contribution >= 0.6 is 0 Å². The first-order valence-corrected chi connectivity index (χ1v) is 7.31. The zero-order chi connectivity index (χ0) is 16.5. The Labute approximate surface area is 130 Å². The highest BCUT2D eigenvalue weighted by atomic mass is 16.6. The molecule has 1 aromatic rings. The van der Waals surface area contributed by atoms with Gasteiger partial charge in [0.25, 0.3) is 0 Å². The lowest BCUT2D eigenvalue weighted by Gasteiger charge is -2.30. The fourth-order valence-corrected chi connectivity index (χ4v) is 2.46. The van der Waals surface area contributed by atoms with Crippen LogP contribution in [0.1, 0.15) is 37.7 Å². The average Bonchev–Trinajstić information content (AvgIpc) is 2.73. The van der Waals surface area contributed by atoms with Crippen molar-refractivity contribution in [3.05, 3.63) is 17.0 Å². The van der Waals surface area contributed by atoms with Gasteiger partial charge in [-0.1, -0.05) is 0 Å². The number of esters is 1. The van der Waals surface area contributed by atoms with Crippen molar-refractivity contribution in [3.63, 3.8) is 0 Å². The number of hydrogen-bond acceptors (Lipinski definition) is 5. The summed E-state index contributed by atoms with van der Waals surface area (Å²) in [4.78, 5) is 25.3. The number of rotatable bonds is 2. The minimum Gasteiger partial charge on any atom is -0.468 e. The maximum atomic E-state index is 12.2. The molecule has 22 heavy (non-hydrogen) atoms. The van der Waals surface area contributed by atoms with E-state index >= 15 is 0 Å². The first kappa shape index (κ1) is 16.3. The van der Waals surface area contributed by atoms with Crippen molar-refractivity contribution >= 4 is 12.1 Å². The number of fused-ring (bicyclic) bond motifs is 1. The Kier molecular flexibility index (Phi) is 4.44. The fourth-order valence-electron chi connectivity index (χ4n) is 2.46. The Bertz CT molecular complexity index is 586. The van der Waals surface area contributed by atoms with Crippen LogP contribution in [0, 0.1) is 6.92 Å². The van der Waals surface area contributed by atoms with Crippen LogP contribution in [0.15, 0.2) is 0 Å². The van der Waals surface area contributed by atoms with Crippen molar-refractivity contribution in [1.29, 1.82) is 0 Å². The first-order valence-electron chi connectivity index (χ1n) is 7.31. The van der Waals surface area contributed by atoms with E-state index in [2.05, 4.69) is 9.84 Å². The Hall–Kier alpha value is -2.05. The molecule has 0 aromatic carbocycles. The molecule has 0 N–H and O–H groups in total. The van der Waals surface area contributed by atoms with Crippen LogP contribution in [0.5, 0.6) is 0 Å². The van der Waals surface area contributed by atoms with Gasteiger partial charge < -0.3 is 14.4 Å². The van der Waals surface area contributed by atoms with Crippen LogP contribution in [-0.2, 0) is 33.8 Å². The normalized spacial score (nSPS) is 14.5. The molecule has 0 saturated carbocycles. The molecule has 0 radical (unpaired) electrons. The lowest BCUT2D eigenvalue weighted by molar-refractivity contribution is -0.141. The molecule has 1 aromatic heterocycles. The predicted octanol–water partition coefficient (Wildman–Crippen LogP) is 1.66. The van der Waals surface area contributed by atoms with Crippen molar-refractivity contribution < 1.29 is 19.1 Å². The molecule has 2 rings (SSSR count). The van der Waals surface area contributed by atoms with Crippen LogP contribution < -0.4 is 0 Å². The minimum atomic E-state index is -0.512. The van der Waals surface area contributed by atoms with Gasteiger partial charge in [0.2, 0.25) is 0 Å². The van der Waals surface area contributed by atoms with E-state index in [-0.39, 0.29) is 18.6 Å². The second kappa shape index (κ2) is 5.98. The molecule has 0 bridgehead atoms. The van der Waals surface area contributed by atoms with Crippen molar-refractivity contribution in [2.45, 2.75) is 52.8 Å². The van der Waals surface area contributed by atoms with Gasteiger partial charge in [0.05, 0.1) is 19.3 Å². The van der Waals surface area contributed by atoms with Gasteiger partial charge >= 0.3 is 12.1 Å². The number of hydrogen-bond donors (Lipinski definition) is 0. The number of carbonyl (C=O) groups is 2. The molecule has 0 unspecified atom stereocenters. The van der Waals surface area contributed by atoms with E-state index in [1.807, 2.05) is 27.7 Å². The molecule has 1 aliphatic heterocycles. The van der Waals surface area contributed by atoms with E-state index in [1.165, 1.54) is 7.11 Å². The Balaban J connectivity index is 2.14. The maximum absolute atomic E-state index is 12.2. The molecule has 0 aliphatic carbocycles. The van der Waals surface area contributed by atoms with E-state index in [0.717, 1.165) is 17.0 Å². The summed E-state index contributed by atoms with van der Waals surface area (Å²) in [6.45, 7) is 8.52. The number of nitrogens with zero attached hydrogens (tertiary/aromatic N) is 3. The largest absolute Gasteiger partial charge is 0.468 e. The van der Waals surface area contributed by atoms with Gasteiger partial charge in [0, 0.05) is 24.2 Å². The molecule has 0 spiro atoms. The smallest absolute Gasteiger partial charge is 0.410 e. The highest BCUT2D eigenvalue weighted by molar-refractivity contribution is 5.70. The molecule has 1 aliphatic rings.